The van der Waals surface area contributed by atoms with Gasteiger partial charge in [0.25, 0.3) is 5.91 Å². The summed E-state index contributed by atoms with van der Waals surface area (Å²) in [5.41, 5.74) is 6.85. The molecule has 0 aromatic heterocycles. The molecule has 0 spiro atoms. The molecule has 2 N–H and O–H groups in total. The fourth-order valence-electron chi connectivity index (χ4n) is 3.09. The Morgan fingerprint density at radius 2 is 1.91 bits per heavy atom. The van der Waals surface area contributed by atoms with Crippen molar-refractivity contribution in [1.82, 2.24) is 4.90 Å². The van der Waals surface area contributed by atoms with Gasteiger partial charge in [-0.25, -0.2) is 0 Å². The number of nitrogens with zero attached hydrogens (tertiary/aromatic N) is 1. The van der Waals surface area contributed by atoms with Gasteiger partial charge in [0.1, 0.15) is 5.75 Å². The third-order valence-electron chi connectivity index (χ3n) is 5.06. The Morgan fingerprint density at radius 1 is 1.23 bits per heavy atom. The first-order valence-corrected chi connectivity index (χ1v) is 8.27. The minimum atomic E-state index is -0.0266. The van der Waals surface area contributed by atoms with Gasteiger partial charge in [-0.15, -0.1) is 0 Å². The van der Waals surface area contributed by atoms with Crippen molar-refractivity contribution in [2.75, 3.05) is 13.1 Å². The Kier molecular flexibility index (Phi) is 4.13. The predicted molar refractivity (Wildman–Crippen MR) is 87.0 cm³/mol. The van der Waals surface area contributed by atoms with E-state index in [4.69, 9.17) is 10.5 Å². The van der Waals surface area contributed by atoms with E-state index < -0.39 is 0 Å². The molecule has 3 rings (SSSR count). The van der Waals surface area contributed by atoms with E-state index in [1.54, 1.807) is 0 Å². The lowest BCUT2D eigenvalue weighted by molar-refractivity contribution is 0.0533. The van der Waals surface area contributed by atoms with Crippen molar-refractivity contribution in [3.05, 3.63) is 29.8 Å². The first kappa shape index (κ1) is 15.3. The highest BCUT2D eigenvalue weighted by atomic mass is 16.5. The number of benzene rings is 1. The van der Waals surface area contributed by atoms with E-state index in [9.17, 15) is 4.79 Å². The molecule has 1 unspecified atom stereocenters. The number of rotatable bonds is 3. The Balaban J connectivity index is 1.64. The zero-order valence-corrected chi connectivity index (χ0v) is 13.5. The molecule has 2 fully saturated rings. The topological polar surface area (TPSA) is 55.6 Å². The minimum absolute atomic E-state index is 0.0266. The lowest BCUT2D eigenvalue weighted by atomic mass is 9.79. The van der Waals surface area contributed by atoms with Crippen molar-refractivity contribution < 1.29 is 9.53 Å². The van der Waals surface area contributed by atoms with Gasteiger partial charge >= 0.3 is 0 Å². The van der Waals surface area contributed by atoms with E-state index in [2.05, 4.69) is 13.8 Å². The molecule has 4 heteroatoms. The van der Waals surface area contributed by atoms with Crippen LogP contribution in [0.25, 0.3) is 0 Å². The molecule has 4 nitrogen and oxygen atoms in total. The number of carbonyl (C=O) groups is 1. The van der Waals surface area contributed by atoms with Crippen LogP contribution in [0.15, 0.2) is 24.3 Å². The van der Waals surface area contributed by atoms with Crippen LogP contribution in [0, 0.1) is 5.41 Å². The smallest absolute Gasteiger partial charge is 0.253 e. The normalized spacial score (nSPS) is 24.7. The number of ether oxygens (including phenoxy) is 1. The molecule has 1 amide bonds. The molecule has 1 saturated carbocycles. The van der Waals surface area contributed by atoms with Crippen LogP contribution in [0.3, 0.4) is 0 Å². The van der Waals surface area contributed by atoms with Gasteiger partial charge in [0, 0.05) is 24.7 Å². The first-order valence-electron chi connectivity index (χ1n) is 8.27. The van der Waals surface area contributed by atoms with Gasteiger partial charge in [0.05, 0.1) is 6.10 Å². The number of hydrogen-bond donors (Lipinski definition) is 1. The largest absolute Gasteiger partial charge is 0.490 e. The average Bonchev–Trinajstić information content (AvgIpc) is 2.46. The van der Waals surface area contributed by atoms with Crippen molar-refractivity contribution in [1.29, 1.82) is 0 Å². The summed E-state index contributed by atoms with van der Waals surface area (Å²) in [6, 6.07) is 7.73. The highest BCUT2D eigenvalue weighted by Crippen LogP contribution is 2.29. The van der Waals surface area contributed by atoms with Crippen molar-refractivity contribution in [2.24, 2.45) is 11.1 Å². The molecule has 1 saturated heterocycles. The molecular weight excluding hydrogens is 276 g/mol. The maximum absolute atomic E-state index is 12.6. The molecule has 1 aliphatic heterocycles. The van der Waals surface area contributed by atoms with Crippen LogP contribution >= 0.6 is 0 Å². The first-order chi connectivity index (χ1) is 10.5. The fraction of sp³-hybridized carbons (Fsp3) is 0.611. The molecule has 0 bridgehead atoms. The number of carbonyl (C=O) groups excluding carboxylic acids is 1. The molecule has 0 radical (unpaired) electrons. The summed E-state index contributed by atoms with van der Waals surface area (Å²) < 4.78 is 5.84. The summed E-state index contributed by atoms with van der Waals surface area (Å²) >= 11 is 0. The SMILES string of the molecule is CC1(C)CN(C(=O)c2ccc(OC3CCC3)cc2)CCC1N. The minimum Gasteiger partial charge on any atom is -0.490 e. The van der Waals surface area contributed by atoms with E-state index in [-0.39, 0.29) is 17.4 Å². The van der Waals surface area contributed by atoms with Crippen LogP contribution in [-0.2, 0) is 0 Å². The lowest BCUT2D eigenvalue weighted by Gasteiger charge is -2.42. The van der Waals surface area contributed by atoms with Crippen molar-refractivity contribution >= 4 is 5.91 Å². The second-order valence-corrected chi connectivity index (χ2v) is 7.31. The predicted octanol–water partition coefficient (Wildman–Crippen LogP) is 2.82. The Bertz CT molecular complexity index is 535. The summed E-state index contributed by atoms with van der Waals surface area (Å²) in [4.78, 5) is 14.6. The summed E-state index contributed by atoms with van der Waals surface area (Å²) in [5.74, 6) is 0.956. The quantitative estimate of drug-likeness (QED) is 0.934. The number of likely N-dealkylation sites (tertiary alicyclic amines) is 1. The molecule has 1 atom stereocenters. The molecule has 1 aromatic carbocycles. The van der Waals surface area contributed by atoms with Crippen LogP contribution in [-0.4, -0.2) is 36.0 Å². The summed E-state index contributed by atoms with van der Waals surface area (Å²) in [6.07, 6.45) is 4.77. The van der Waals surface area contributed by atoms with E-state index in [1.165, 1.54) is 6.42 Å². The van der Waals surface area contributed by atoms with Crippen molar-refractivity contribution in [3.63, 3.8) is 0 Å². The highest BCUT2D eigenvalue weighted by Gasteiger charge is 2.35. The molecular formula is C18H26N2O2. The summed E-state index contributed by atoms with van der Waals surface area (Å²) in [7, 11) is 0. The van der Waals surface area contributed by atoms with Crippen LogP contribution in [0.5, 0.6) is 5.75 Å². The number of piperidine rings is 1. The number of hydrogen-bond acceptors (Lipinski definition) is 3. The zero-order valence-electron chi connectivity index (χ0n) is 13.5. The van der Waals surface area contributed by atoms with E-state index in [1.807, 2.05) is 29.2 Å². The van der Waals surface area contributed by atoms with Crippen LogP contribution < -0.4 is 10.5 Å². The molecule has 120 valence electrons. The third-order valence-corrected chi connectivity index (χ3v) is 5.06. The van der Waals surface area contributed by atoms with E-state index >= 15 is 0 Å². The average molecular weight is 302 g/mol. The van der Waals surface area contributed by atoms with Gasteiger partial charge in [-0.05, 0) is 55.4 Å². The van der Waals surface area contributed by atoms with Gasteiger partial charge in [0.15, 0.2) is 0 Å². The van der Waals surface area contributed by atoms with Crippen molar-refractivity contribution in [3.8, 4) is 5.75 Å². The fourth-order valence-corrected chi connectivity index (χ4v) is 3.09. The van der Waals surface area contributed by atoms with Crippen LogP contribution in [0.2, 0.25) is 0 Å². The monoisotopic (exact) mass is 302 g/mol. The van der Waals surface area contributed by atoms with Crippen LogP contribution in [0.1, 0.15) is 49.9 Å². The van der Waals surface area contributed by atoms with Gasteiger partial charge in [-0.2, -0.15) is 0 Å². The lowest BCUT2D eigenvalue weighted by Crippen LogP contribution is -2.53. The second kappa shape index (κ2) is 5.92. The molecule has 22 heavy (non-hydrogen) atoms. The van der Waals surface area contributed by atoms with Crippen molar-refractivity contribution in [2.45, 2.75) is 51.7 Å². The summed E-state index contributed by atoms with van der Waals surface area (Å²) in [6.45, 7) is 5.72. The van der Waals surface area contributed by atoms with Gasteiger partial charge in [-0.1, -0.05) is 13.8 Å². The maximum atomic E-state index is 12.6. The van der Waals surface area contributed by atoms with E-state index in [0.29, 0.717) is 12.6 Å². The second-order valence-electron chi connectivity index (χ2n) is 7.31. The molecule has 1 aromatic rings. The number of nitrogens with two attached hydrogens (primary N) is 1. The molecule has 1 heterocycles. The zero-order chi connectivity index (χ0) is 15.7. The van der Waals surface area contributed by atoms with Crippen LogP contribution in [0.4, 0.5) is 0 Å². The summed E-state index contributed by atoms with van der Waals surface area (Å²) in [5, 5.41) is 0. The molecule has 1 aliphatic carbocycles. The highest BCUT2D eigenvalue weighted by molar-refractivity contribution is 5.94. The third kappa shape index (κ3) is 3.12. The van der Waals surface area contributed by atoms with Gasteiger partial charge < -0.3 is 15.4 Å². The maximum Gasteiger partial charge on any atom is 0.253 e. The molecule has 2 aliphatic rings. The number of amides is 1. The standard InChI is InChI=1S/C18H26N2O2/c1-18(2)12-20(11-10-16(18)19)17(21)13-6-8-15(9-7-13)22-14-4-3-5-14/h6-9,14,16H,3-5,10-12,19H2,1-2H3. The Morgan fingerprint density at radius 3 is 2.45 bits per heavy atom. The van der Waals surface area contributed by atoms with E-state index in [0.717, 1.165) is 37.1 Å². The van der Waals surface area contributed by atoms with Gasteiger partial charge in [-0.3, -0.25) is 4.79 Å². The Hall–Kier alpha value is -1.55. The Labute approximate surface area is 132 Å². The van der Waals surface area contributed by atoms with Gasteiger partial charge in [0.2, 0.25) is 0 Å².